The maximum Gasteiger partial charge on any atom is 0.0647 e. The molecule has 174 valence electrons. The maximum atomic E-state index is 6.15. The largest absolute Gasteiger partial charge is 0.309 e. The molecule has 0 bridgehead atoms. The summed E-state index contributed by atoms with van der Waals surface area (Å²) in [6, 6.07) is 12.5. The van der Waals surface area contributed by atoms with Crippen LogP contribution in [0.15, 0.2) is 79.4 Å². The number of anilines is 2. The van der Waals surface area contributed by atoms with Crippen LogP contribution in [0.1, 0.15) is 44.0 Å². The Kier molecular flexibility index (Phi) is 7.26. The van der Waals surface area contributed by atoms with Crippen molar-refractivity contribution in [1.82, 2.24) is 9.58 Å². The molecular formula is C30H32ClN3. The van der Waals surface area contributed by atoms with Crippen molar-refractivity contribution in [2.45, 2.75) is 33.7 Å². The number of fused-ring (bicyclic) bond motifs is 3. The van der Waals surface area contributed by atoms with E-state index < -0.39 is 0 Å². The second-order valence-corrected chi connectivity index (χ2v) is 8.50. The summed E-state index contributed by atoms with van der Waals surface area (Å²) >= 11 is 6.15. The van der Waals surface area contributed by atoms with Gasteiger partial charge in [-0.25, -0.2) is 5.01 Å². The van der Waals surface area contributed by atoms with Gasteiger partial charge >= 0.3 is 0 Å². The normalized spacial score (nSPS) is 15.3. The fourth-order valence-corrected chi connectivity index (χ4v) is 4.88. The van der Waals surface area contributed by atoms with Crippen molar-refractivity contribution in [1.29, 1.82) is 0 Å². The van der Waals surface area contributed by atoms with E-state index in [4.69, 9.17) is 11.6 Å². The summed E-state index contributed by atoms with van der Waals surface area (Å²) in [7, 11) is 2.13. The lowest BCUT2D eigenvalue weighted by atomic mass is 10.1. The maximum absolute atomic E-state index is 6.15. The first-order valence-corrected chi connectivity index (χ1v) is 12.3. The van der Waals surface area contributed by atoms with Gasteiger partial charge in [0.1, 0.15) is 0 Å². The Morgan fingerprint density at radius 1 is 1.03 bits per heavy atom. The molecule has 1 aliphatic heterocycles. The molecular weight excluding hydrogens is 438 g/mol. The number of halogens is 1. The zero-order valence-electron chi connectivity index (χ0n) is 20.4. The van der Waals surface area contributed by atoms with E-state index >= 15 is 0 Å². The van der Waals surface area contributed by atoms with Crippen molar-refractivity contribution in [3.8, 4) is 0 Å². The summed E-state index contributed by atoms with van der Waals surface area (Å²) < 4.78 is 2.39. The number of allylic oxidation sites excluding steroid dienone is 7. The van der Waals surface area contributed by atoms with Crippen LogP contribution in [-0.4, -0.2) is 16.6 Å². The van der Waals surface area contributed by atoms with E-state index in [0.29, 0.717) is 0 Å². The van der Waals surface area contributed by atoms with Gasteiger partial charge in [0.25, 0.3) is 0 Å². The molecule has 0 atom stereocenters. The van der Waals surface area contributed by atoms with Gasteiger partial charge in [-0.15, -0.1) is 0 Å². The molecule has 3 aromatic rings. The molecule has 5 rings (SSSR count). The predicted molar refractivity (Wildman–Crippen MR) is 150 cm³/mol. The van der Waals surface area contributed by atoms with Gasteiger partial charge in [-0.2, -0.15) is 0 Å². The van der Waals surface area contributed by atoms with Crippen LogP contribution in [0.2, 0.25) is 5.02 Å². The van der Waals surface area contributed by atoms with Gasteiger partial charge in [0.2, 0.25) is 0 Å². The Hall–Kier alpha value is -3.27. The minimum Gasteiger partial charge on any atom is -0.309 e. The zero-order chi connectivity index (χ0) is 24.2. The highest BCUT2D eigenvalue weighted by Crippen LogP contribution is 2.44. The van der Waals surface area contributed by atoms with Crippen LogP contribution in [0.5, 0.6) is 0 Å². The molecule has 2 aromatic carbocycles. The number of nitrogens with zero attached hydrogens (tertiary/aromatic N) is 3. The van der Waals surface area contributed by atoms with Gasteiger partial charge in [0, 0.05) is 40.8 Å². The van der Waals surface area contributed by atoms with Crippen molar-refractivity contribution >= 4 is 51.7 Å². The highest BCUT2D eigenvalue weighted by molar-refractivity contribution is 6.30. The lowest BCUT2D eigenvalue weighted by molar-refractivity contribution is 0.362. The van der Waals surface area contributed by atoms with E-state index in [1.54, 1.807) is 0 Å². The quantitative estimate of drug-likeness (QED) is 0.378. The molecule has 0 N–H and O–H groups in total. The summed E-state index contributed by atoms with van der Waals surface area (Å²) in [4.78, 5) is 0. The number of hydrogen-bond acceptors (Lipinski definition) is 2. The number of benzene rings is 2. The topological polar surface area (TPSA) is 11.4 Å². The van der Waals surface area contributed by atoms with Crippen LogP contribution in [0.25, 0.3) is 28.8 Å². The summed E-state index contributed by atoms with van der Waals surface area (Å²) in [5, 5.41) is 6.49. The number of hydrogen-bond donors (Lipinski definition) is 0. The average molecular weight is 470 g/mol. The Morgan fingerprint density at radius 2 is 1.79 bits per heavy atom. The summed E-state index contributed by atoms with van der Waals surface area (Å²) in [5.74, 6) is 0. The zero-order valence-corrected chi connectivity index (χ0v) is 21.2. The van der Waals surface area contributed by atoms with E-state index in [-0.39, 0.29) is 0 Å². The van der Waals surface area contributed by atoms with Gasteiger partial charge in [-0.1, -0.05) is 68.5 Å². The van der Waals surface area contributed by atoms with Crippen LogP contribution in [-0.2, 0) is 6.54 Å². The average Bonchev–Trinajstić information content (AvgIpc) is 3.20. The molecule has 3 nitrogen and oxygen atoms in total. The van der Waals surface area contributed by atoms with Crippen molar-refractivity contribution in [3.63, 3.8) is 0 Å². The van der Waals surface area contributed by atoms with E-state index in [0.717, 1.165) is 40.6 Å². The molecule has 1 aliphatic carbocycles. The van der Waals surface area contributed by atoms with E-state index in [1.807, 2.05) is 32.1 Å². The fourth-order valence-electron chi connectivity index (χ4n) is 4.76. The molecule has 0 fully saturated rings. The van der Waals surface area contributed by atoms with Gasteiger partial charge in [0.15, 0.2) is 0 Å². The van der Waals surface area contributed by atoms with Crippen LogP contribution in [0.4, 0.5) is 11.4 Å². The first-order valence-electron chi connectivity index (χ1n) is 11.9. The summed E-state index contributed by atoms with van der Waals surface area (Å²) in [6.45, 7) is 11.0. The smallest absolute Gasteiger partial charge is 0.0647 e. The second kappa shape index (κ2) is 10.3. The van der Waals surface area contributed by atoms with E-state index in [2.05, 4.69) is 102 Å². The van der Waals surface area contributed by atoms with Crippen LogP contribution in [0, 0.1) is 0 Å². The summed E-state index contributed by atoms with van der Waals surface area (Å²) in [5.41, 5.74) is 8.31. The van der Waals surface area contributed by atoms with Crippen LogP contribution in [0.3, 0.4) is 0 Å². The van der Waals surface area contributed by atoms with Gasteiger partial charge in [0.05, 0.1) is 22.6 Å². The van der Waals surface area contributed by atoms with Gasteiger partial charge < -0.3 is 4.57 Å². The molecule has 2 heterocycles. The van der Waals surface area contributed by atoms with Gasteiger partial charge in [-0.3, -0.25) is 5.01 Å². The Labute approximate surface area is 208 Å². The highest BCUT2D eigenvalue weighted by atomic mass is 35.5. The molecule has 0 amide bonds. The second-order valence-electron chi connectivity index (χ2n) is 8.06. The number of aromatic nitrogens is 1. The molecule has 34 heavy (non-hydrogen) atoms. The lowest BCUT2D eigenvalue weighted by Gasteiger charge is -2.27. The molecule has 1 aromatic heterocycles. The minimum absolute atomic E-state index is 0.743. The number of hydrazine groups is 1. The monoisotopic (exact) mass is 469 g/mol. The standard InChI is InChI=1S/C28H26ClN3.C2H6/c1-4-10-26-23(5-2)24-17-18-27-25(28(24)31(26)21-11-8-6-7-9-12-21)19-30(3)32(27)22-15-13-20(29)14-16-22;1-2/h4-6,8-18H,2,7,19H2,1,3H3;1-2H3/b10-4-;. The Balaban J connectivity index is 0.00000133. The predicted octanol–water partition coefficient (Wildman–Crippen LogP) is 8.85. The molecule has 0 spiro atoms. The van der Waals surface area contributed by atoms with Crippen molar-refractivity contribution in [2.75, 3.05) is 12.1 Å². The van der Waals surface area contributed by atoms with E-state index in [9.17, 15) is 0 Å². The molecule has 0 radical (unpaired) electrons. The van der Waals surface area contributed by atoms with Crippen molar-refractivity contribution < 1.29 is 0 Å². The summed E-state index contributed by atoms with van der Waals surface area (Å²) in [6.07, 6.45) is 18.1. The number of rotatable bonds is 4. The van der Waals surface area contributed by atoms with Crippen molar-refractivity contribution in [3.05, 3.63) is 101 Å². The molecule has 2 aliphatic rings. The molecule has 4 heteroatoms. The third-order valence-electron chi connectivity index (χ3n) is 6.07. The first-order chi connectivity index (χ1) is 16.6. The van der Waals surface area contributed by atoms with Crippen LogP contribution < -0.4 is 5.01 Å². The Bertz CT molecular complexity index is 1320. The lowest BCUT2D eigenvalue weighted by Crippen LogP contribution is -2.29. The Morgan fingerprint density at radius 3 is 2.50 bits per heavy atom. The molecule has 0 unspecified atom stereocenters. The minimum atomic E-state index is 0.743. The third-order valence-corrected chi connectivity index (χ3v) is 6.32. The SMILES string of the molecule is C=Cc1c(/C=C\C)n(C2=CC=CCC=C2)c2c3c(ccc12)N(c1ccc(Cl)cc1)N(C)C3.CC. The molecule has 0 saturated carbocycles. The third kappa shape index (κ3) is 4.06. The van der Waals surface area contributed by atoms with Crippen molar-refractivity contribution in [2.24, 2.45) is 0 Å². The van der Waals surface area contributed by atoms with E-state index in [1.165, 1.54) is 22.2 Å². The first kappa shape index (κ1) is 23.9. The fraction of sp³-hybridized carbons (Fsp3) is 0.200. The molecule has 0 saturated heterocycles. The highest BCUT2D eigenvalue weighted by Gasteiger charge is 2.30. The van der Waals surface area contributed by atoms with Crippen LogP contribution >= 0.6 is 11.6 Å². The van der Waals surface area contributed by atoms with Gasteiger partial charge in [-0.05, 0) is 61.9 Å².